The van der Waals surface area contributed by atoms with Crippen LogP contribution in [0.3, 0.4) is 0 Å². The third-order valence-electron chi connectivity index (χ3n) is 1.84. The summed E-state index contributed by atoms with van der Waals surface area (Å²) in [6, 6.07) is 1.50. The summed E-state index contributed by atoms with van der Waals surface area (Å²) in [5.74, 6) is -3.58. The van der Waals surface area contributed by atoms with E-state index in [1.165, 1.54) is 6.07 Å². The molecule has 0 heterocycles. The Bertz CT molecular complexity index is 266. The fourth-order valence-electron chi connectivity index (χ4n) is 0.969. The quantitative estimate of drug-likeness (QED) is 0.569. The predicted molar refractivity (Wildman–Crippen MR) is 31.4 cm³/mol. The molecule has 0 saturated heterocycles. The average Bonchev–Trinajstić information content (AvgIpc) is 2.62. The fraction of sp³-hybridized carbons (Fsp3) is 0.500. The molecule has 1 fully saturated rings. The molecule has 1 aliphatic carbocycles. The molecule has 0 aliphatic heterocycles. The highest BCUT2D eigenvalue weighted by atomic mass is 16.4. The Morgan fingerprint density at radius 2 is 2.09 bits per heavy atom. The van der Waals surface area contributed by atoms with Crippen LogP contribution in [0.1, 0.15) is 6.42 Å². The van der Waals surface area contributed by atoms with E-state index in [1.807, 2.05) is 0 Å². The minimum Gasteiger partial charge on any atom is -0.481 e. The Kier molecular flexibility index (Phi) is 1.34. The molecule has 5 heteroatoms. The van der Waals surface area contributed by atoms with Crippen molar-refractivity contribution in [3.63, 3.8) is 0 Å². The van der Waals surface area contributed by atoms with Gasteiger partial charge in [0.1, 0.15) is 0 Å². The molecule has 11 heavy (non-hydrogen) atoms. The highest BCUT2D eigenvalue weighted by molar-refractivity contribution is 5.91. The second kappa shape index (κ2) is 1.95. The van der Waals surface area contributed by atoms with Crippen molar-refractivity contribution >= 4 is 11.9 Å². The van der Waals surface area contributed by atoms with Gasteiger partial charge in [0.05, 0.1) is 12.0 Å². The number of carbonyl (C=O) groups is 2. The van der Waals surface area contributed by atoms with Crippen LogP contribution in [0.2, 0.25) is 0 Å². The molecule has 1 aliphatic rings. The Hall–Kier alpha value is -1.57. The summed E-state index contributed by atoms with van der Waals surface area (Å²) < 4.78 is 0. The Labute approximate surface area is 61.9 Å². The van der Waals surface area contributed by atoms with Gasteiger partial charge in [0, 0.05) is 0 Å². The lowest BCUT2D eigenvalue weighted by Gasteiger charge is -1.96. The van der Waals surface area contributed by atoms with E-state index in [1.54, 1.807) is 0 Å². The smallest absolute Gasteiger partial charge is 0.324 e. The van der Waals surface area contributed by atoms with Crippen molar-refractivity contribution in [3.05, 3.63) is 0 Å². The summed E-state index contributed by atoms with van der Waals surface area (Å²) in [5, 5.41) is 25.1. The highest BCUT2D eigenvalue weighted by Gasteiger charge is 2.65. The summed E-state index contributed by atoms with van der Waals surface area (Å²) in [7, 11) is 0. The van der Waals surface area contributed by atoms with Crippen LogP contribution in [0.15, 0.2) is 0 Å². The minimum atomic E-state index is -1.65. The Balaban J connectivity index is 2.82. The maximum absolute atomic E-state index is 10.3. The van der Waals surface area contributed by atoms with Gasteiger partial charge in [-0.3, -0.25) is 9.59 Å². The van der Waals surface area contributed by atoms with Gasteiger partial charge in [-0.2, -0.15) is 5.26 Å². The van der Waals surface area contributed by atoms with Gasteiger partial charge in [-0.15, -0.1) is 0 Å². The van der Waals surface area contributed by atoms with Crippen LogP contribution < -0.4 is 0 Å². The van der Waals surface area contributed by atoms with E-state index < -0.39 is 23.3 Å². The number of carboxylic acid groups (broad SMARTS) is 2. The number of carboxylic acids is 2. The van der Waals surface area contributed by atoms with Crippen LogP contribution in [0, 0.1) is 22.7 Å². The molecule has 1 rings (SSSR count). The van der Waals surface area contributed by atoms with Crippen molar-refractivity contribution < 1.29 is 19.8 Å². The third-order valence-corrected chi connectivity index (χ3v) is 1.84. The summed E-state index contributed by atoms with van der Waals surface area (Å²) in [6.45, 7) is 0. The van der Waals surface area contributed by atoms with E-state index >= 15 is 0 Å². The first-order chi connectivity index (χ1) is 5.04. The molecule has 5 nitrogen and oxygen atoms in total. The first-order valence-corrected chi connectivity index (χ1v) is 2.92. The van der Waals surface area contributed by atoms with Crippen LogP contribution in [0.5, 0.6) is 0 Å². The molecule has 0 radical (unpaired) electrons. The second-order valence-electron chi connectivity index (χ2n) is 2.48. The number of rotatable bonds is 2. The second-order valence-corrected chi connectivity index (χ2v) is 2.48. The van der Waals surface area contributed by atoms with E-state index in [2.05, 4.69) is 0 Å². The van der Waals surface area contributed by atoms with Gasteiger partial charge in [0.25, 0.3) is 0 Å². The highest BCUT2D eigenvalue weighted by Crippen LogP contribution is 2.52. The topological polar surface area (TPSA) is 98.4 Å². The number of nitriles is 1. The summed E-state index contributed by atoms with van der Waals surface area (Å²) in [4.78, 5) is 20.6. The van der Waals surface area contributed by atoms with Crippen molar-refractivity contribution in [3.8, 4) is 6.07 Å². The third kappa shape index (κ3) is 0.835. The predicted octanol–water partition coefficient (Wildman–Crippen LogP) is -0.315. The normalized spacial score (nSPS) is 33.9. The number of hydrogen-bond acceptors (Lipinski definition) is 3. The standard InChI is InChI=1S/C6H5NO4/c7-2-6(5(10)11)1-3(6)4(8)9/h3H,1H2,(H,8,9)(H,10,11). The first kappa shape index (κ1) is 7.54. The van der Waals surface area contributed by atoms with E-state index in [0.29, 0.717) is 0 Å². The largest absolute Gasteiger partial charge is 0.481 e. The minimum absolute atomic E-state index is 0.0752. The molecule has 2 atom stereocenters. The van der Waals surface area contributed by atoms with Crippen molar-refractivity contribution in [2.24, 2.45) is 11.3 Å². The summed E-state index contributed by atoms with van der Waals surface area (Å²) in [6.07, 6.45) is -0.0752. The summed E-state index contributed by atoms with van der Waals surface area (Å²) in [5.41, 5.74) is -1.65. The lowest BCUT2D eigenvalue weighted by atomic mass is 10.1. The monoisotopic (exact) mass is 155 g/mol. The zero-order chi connectivity index (χ0) is 8.65. The van der Waals surface area contributed by atoms with Crippen molar-refractivity contribution in [2.75, 3.05) is 0 Å². The van der Waals surface area contributed by atoms with Gasteiger partial charge in [0.15, 0.2) is 5.41 Å². The molecule has 2 unspecified atom stereocenters. The van der Waals surface area contributed by atoms with E-state index in [4.69, 9.17) is 15.5 Å². The lowest BCUT2D eigenvalue weighted by Crippen LogP contribution is -2.18. The molecule has 0 aromatic rings. The van der Waals surface area contributed by atoms with E-state index in [0.717, 1.165) is 0 Å². The van der Waals surface area contributed by atoms with Crippen LogP contribution in [-0.4, -0.2) is 22.2 Å². The van der Waals surface area contributed by atoms with Crippen molar-refractivity contribution in [2.45, 2.75) is 6.42 Å². The molecule has 0 amide bonds. The number of nitrogens with zero attached hydrogens (tertiary/aromatic N) is 1. The van der Waals surface area contributed by atoms with E-state index in [9.17, 15) is 9.59 Å². The zero-order valence-electron chi connectivity index (χ0n) is 5.44. The number of hydrogen-bond donors (Lipinski definition) is 2. The molecule has 0 aromatic carbocycles. The van der Waals surface area contributed by atoms with Gasteiger partial charge in [-0.25, -0.2) is 0 Å². The summed E-state index contributed by atoms with van der Waals surface area (Å²) >= 11 is 0. The Morgan fingerprint density at radius 1 is 1.55 bits per heavy atom. The zero-order valence-corrected chi connectivity index (χ0v) is 5.44. The molecule has 2 N–H and O–H groups in total. The number of aliphatic carboxylic acids is 2. The molecule has 1 saturated carbocycles. The molecule has 58 valence electrons. The molecule has 0 bridgehead atoms. The van der Waals surface area contributed by atoms with Crippen molar-refractivity contribution in [1.29, 1.82) is 5.26 Å². The average molecular weight is 155 g/mol. The lowest BCUT2D eigenvalue weighted by molar-refractivity contribution is -0.146. The van der Waals surface area contributed by atoms with E-state index in [-0.39, 0.29) is 6.42 Å². The van der Waals surface area contributed by atoms with Crippen LogP contribution in [-0.2, 0) is 9.59 Å². The molecule has 0 aromatic heterocycles. The SMILES string of the molecule is N#CC1(C(=O)O)CC1C(=O)O. The van der Waals surface area contributed by atoms with Gasteiger partial charge >= 0.3 is 11.9 Å². The van der Waals surface area contributed by atoms with Crippen LogP contribution in [0.4, 0.5) is 0 Å². The maximum atomic E-state index is 10.3. The Morgan fingerprint density at radius 3 is 2.18 bits per heavy atom. The van der Waals surface area contributed by atoms with Gasteiger partial charge in [0.2, 0.25) is 0 Å². The molecular weight excluding hydrogens is 150 g/mol. The maximum Gasteiger partial charge on any atom is 0.324 e. The van der Waals surface area contributed by atoms with Gasteiger partial charge in [-0.1, -0.05) is 0 Å². The molecular formula is C6H5NO4. The van der Waals surface area contributed by atoms with Crippen LogP contribution in [0.25, 0.3) is 0 Å². The van der Waals surface area contributed by atoms with Gasteiger partial charge < -0.3 is 10.2 Å². The molecule has 0 spiro atoms. The van der Waals surface area contributed by atoms with Crippen LogP contribution >= 0.6 is 0 Å². The van der Waals surface area contributed by atoms with Gasteiger partial charge in [-0.05, 0) is 6.42 Å². The fourth-order valence-corrected chi connectivity index (χ4v) is 0.969. The first-order valence-electron chi connectivity index (χ1n) is 2.92. The van der Waals surface area contributed by atoms with Crippen molar-refractivity contribution in [1.82, 2.24) is 0 Å².